The van der Waals surface area contributed by atoms with Gasteiger partial charge in [-0.3, -0.25) is 9.59 Å². The number of rotatable bonds is 4. The molecule has 2 aliphatic heterocycles. The Morgan fingerprint density at radius 3 is 2.69 bits per heavy atom. The van der Waals surface area contributed by atoms with E-state index in [-0.39, 0.29) is 18.4 Å². The molecular weight excluding hydrogens is 430 g/mol. The third kappa shape index (κ3) is 3.16. The molecule has 2 amide bonds. The highest BCUT2D eigenvalue weighted by Gasteiger charge is 2.43. The zero-order valence-corrected chi connectivity index (χ0v) is 18.4. The summed E-state index contributed by atoms with van der Waals surface area (Å²) in [6.45, 7) is 4.70. The van der Waals surface area contributed by atoms with Crippen LogP contribution in [0.2, 0.25) is 5.02 Å². The first-order chi connectivity index (χ1) is 15.3. The Bertz CT molecular complexity index is 1210. The van der Waals surface area contributed by atoms with E-state index in [2.05, 4.69) is 20.4 Å². The fourth-order valence-electron chi connectivity index (χ4n) is 4.31. The van der Waals surface area contributed by atoms with E-state index in [9.17, 15) is 9.59 Å². The van der Waals surface area contributed by atoms with Gasteiger partial charge in [-0.1, -0.05) is 23.7 Å². The van der Waals surface area contributed by atoms with Crippen LogP contribution < -0.4 is 11.1 Å². The van der Waals surface area contributed by atoms with Crippen molar-refractivity contribution >= 4 is 29.2 Å². The van der Waals surface area contributed by atoms with Crippen LogP contribution in [0.5, 0.6) is 0 Å². The number of aromatic nitrogens is 4. The fourth-order valence-corrected chi connectivity index (χ4v) is 4.44. The Balaban J connectivity index is 1.40. The number of nitrogens with two attached hydrogens (primary N) is 1. The summed E-state index contributed by atoms with van der Waals surface area (Å²) in [6, 6.07) is 7.19. The molecule has 0 aliphatic carbocycles. The lowest BCUT2D eigenvalue weighted by Gasteiger charge is -2.23. The van der Waals surface area contributed by atoms with Gasteiger partial charge in [0, 0.05) is 29.9 Å². The lowest BCUT2D eigenvalue weighted by molar-refractivity contribution is -0.133. The molecule has 2 aromatic heterocycles. The minimum atomic E-state index is -0.767. The van der Waals surface area contributed by atoms with E-state index in [4.69, 9.17) is 17.3 Å². The summed E-state index contributed by atoms with van der Waals surface area (Å²) in [7, 11) is 0. The SMILES string of the molecule is CC1(C)C(=O)Nc2ncnc(-n3cc4c(n3)CN(C(=O)[C@H](CN)c3ccc(Cl)cc3)C4)c21. The van der Waals surface area contributed by atoms with E-state index < -0.39 is 11.3 Å². The molecule has 1 aromatic carbocycles. The van der Waals surface area contributed by atoms with Crippen molar-refractivity contribution < 1.29 is 9.59 Å². The topological polar surface area (TPSA) is 119 Å². The smallest absolute Gasteiger partial charge is 0.235 e. The predicted octanol–water partition coefficient (Wildman–Crippen LogP) is 2.13. The molecule has 0 saturated carbocycles. The number of hydrogen-bond donors (Lipinski definition) is 2. The molecule has 0 saturated heterocycles. The molecule has 0 bridgehead atoms. The molecule has 0 unspecified atom stereocenters. The normalized spacial score (nSPS) is 17.1. The van der Waals surface area contributed by atoms with Crippen molar-refractivity contribution in [3.05, 3.63) is 64.2 Å². The summed E-state index contributed by atoms with van der Waals surface area (Å²) in [5.41, 5.74) is 8.46. The molecule has 3 aromatic rings. The van der Waals surface area contributed by atoms with Gasteiger partial charge in [0.25, 0.3) is 0 Å². The molecule has 4 heterocycles. The van der Waals surface area contributed by atoms with Gasteiger partial charge in [-0.15, -0.1) is 0 Å². The molecule has 10 heteroatoms. The van der Waals surface area contributed by atoms with Gasteiger partial charge in [-0.05, 0) is 31.5 Å². The summed E-state index contributed by atoms with van der Waals surface area (Å²) >= 11 is 5.97. The second kappa shape index (κ2) is 7.39. The van der Waals surface area contributed by atoms with Crippen LogP contribution in [-0.4, -0.2) is 43.0 Å². The summed E-state index contributed by atoms with van der Waals surface area (Å²) in [5, 5.41) is 8.09. The van der Waals surface area contributed by atoms with Gasteiger partial charge in [0.2, 0.25) is 11.8 Å². The van der Waals surface area contributed by atoms with Crippen molar-refractivity contribution in [3.63, 3.8) is 0 Å². The number of halogens is 1. The van der Waals surface area contributed by atoms with Crippen LogP contribution in [-0.2, 0) is 28.1 Å². The second-order valence-electron chi connectivity index (χ2n) is 8.58. The van der Waals surface area contributed by atoms with Gasteiger partial charge in [0.15, 0.2) is 5.82 Å². The molecule has 3 N–H and O–H groups in total. The van der Waals surface area contributed by atoms with Crippen LogP contribution in [0.1, 0.15) is 42.1 Å². The zero-order chi connectivity index (χ0) is 22.6. The number of nitrogens with zero attached hydrogens (tertiary/aromatic N) is 5. The van der Waals surface area contributed by atoms with Crippen molar-refractivity contribution in [1.82, 2.24) is 24.6 Å². The average molecular weight is 452 g/mol. The second-order valence-corrected chi connectivity index (χ2v) is 9.02. The van der Waals surface area contributed by atoms with Gasteiger partial charge in [-0.2, -0.15) is 5.10 Å². The lowest BCUT2D eigenvalue weighted by atomic mass is 9.87. The predicted molar refractivity (Wildman–Crippen MR) is 118 cm³/mol. The first kappa shape index (κ1) is 20.6. The van der Waals surface area contributed by atoms with Crippen LogP contribution in [0.4, 0.5) is 5.82 Å². The van der Waals surface area contributed by atoms with Crippen molar-refractivity contribution in [1.29, 1.82) is 0 Å². The monoisotopic (exact) mass is 451 g/mol. The van der Waals surface area contributed by atoms with Gasteiger partial charge in [0.05, 0.1) is 29.1 Å². The first-order valence-electron chi connectivity index (χ1n) is 10.3. The maximum Gasteiger partial charge on any atom is 0.235 e. The maximum absolute atomic E-state index is 13.2. The molecule has 0 spiro atoms. The maximum atomic E-state index is 13.2. The van der Waals surface area contributed by atoms with E-state index >= 15 is 0 Å². The van der Waals surface area contributed by atoms with E-state index in [1.54, 1.807) is 21.7 Å². The molecule has 9 nitrogen and oxygen atoms in total. The van der Waals surface area contributed by atoms with Crippen LogP contribution in [0, 0.1) is 0 Å². The number of carbonyl (C=O) groups is 2. The largest absolute Gasteiger partial charge is 0.332 e. The van der Waals surface area contributed by atoms with Crippen molar-refractivity contribution in [2.45, 2.75) is 38.3 Å². The van der Waals surface area contributed by atoms with E-state index in [0.717, 1.165) is 16.8 Å². The van der Waals surface area contributed by atoms with Crippen LogP contribution in [0.15, 0.2) is 36.8 Å². The average Bonchev–Trinajstić information content (AvgIpc) is 3.40. The number of nitrogens with one attached hydrogen (secondary N) is 1. The molecule has 164 valence electrons. The van der Waals surface area contributed by atoms with Gasteiger partial charge >= 0.3 is 0 Å². The van der Waals surface area contributed by atoms with Crippen molar-refractivity contribution in [2.24, 2.45) is 5.73 Å². The van der Waals surface area contributed by atoms with E-state index in [0.29, 0.717) is 35.3 Å². The lowest BCUT2D eigenvalue weighted by Crippen LogP contribution is -2.34. The highest BCUT2D eigenvalue weighted by molar-refractivity contribution is 6.30. The molecule has 1 atom stereocenters. The third-order valence-electron chi connectivity index (χ3n) is 6.17. The van der Waals surface area contributed by atoms with Crippen molar-refractivity contribution in [2.75, 3.05) is 11.9 Å². The number of carbonyl (C=O) groups excluding carboxylic acids is 2. The van der Waals surface area contributed by atoms with Crippen molar-refractivity contribution in [3.8, 4) is 5.82 Å². The van der Waals surface area contributed by atoms with Gasteiger partial charge in [0.1, 0.15) is 12.1 Å². The Morgan fingerprint density at radius 1 is 1.25 bits per heavy atom. The Morgan fingerprint density at radius 2 is 2.00 bits per heavy atom. The highest BCUT2D eigenvalue weighted by Crippen LogP contribution is 2.39. The Hall–Kier alpha value is -3.30. The minimum absolute atomic E-state index is 0.0433. The number of hydrogen-bond acceptors (Lipinski definition) is 6. The number of amides is 2. The zero-order valence-electron chi connectivity index (χ0n) is 17.7. The Labute approximate surface area is 189 Å². The van der Waals surface area contributed by atoms with Crippen LogP contribution >= 0.6 is 11.6 Å². The molecule has 0 fully saturated rings. The summed E-state index contributed by atoms with van der Waals surface area (Å²) < 4.78 is 1.68. The summed E-state index contributed by atoms with van der Waals surface area (Å²) in [5.74, 6) is 0.461. The number of fused-ring (bicyclic) bond motifs is 2. The first-order valence-corrected chi connectivity index (χ1v) is 10.7. The Kier molecular flexibility index (Phi) is 4.75. The third-order valence-corrected chi connectivity index (χ3v) is 6.42. The van der Waals surface area contributed by atoms with Crippen LogP contribution in [0.3, 0.4) is 0 Å². The number of benzene rings is 1. The summed E-state index contributed by atoms with van der Waals surface area (Å²) in [6.07, 6.45) is 3.28. The summed E-state index contributed by atoms with van der Waals surface area (Å²) in [4.78, 5) is 35.9. The molecule has 32 heavy (non-hydrogen) atoms. The quantitative estimate of drug-likeness (QED) is 0.627. The minimum Gasteiger partial charge on any atom is -0.332 e. The van der Waals surface area contributed by atoms with Gasteiger partial charge < -0.3 is 16.0 Å². The number of anilines is 1. The van der Waals surface area contributed by atoms with E-state index in [1.165, 1.54) is 6.33 Å². The molecule has 5 rings (SSSR count). The standard InChI is InChI=1S/C22H22ClN7O2/c1-22(2)17-18(27-21(22)32)25-11-26-19(17)30-9-13-8-29(10-16(13)28-30)20(31)15(7-24)12-3-5-14(23)6-4-12/h3-6,9,11,15H,7-8,10,24H2,1-2H3,(H,25,26,27,32)/t15-/m1/s1. The molecular formula is C22H22ClN7O2. The van der Waals surface area contributed by atoms with Crippen LogP contribution in [0.25, 0.3) is 5.82 Å². The van der Waals surface area contributed by atoms with E-state index in [1.807, 2.05) is 32.2 Å². The highest BCUT2D eigenvalue weighted by atomic mass is 35.5. The fraction of sp³-hybridized carbons (Fsp3) is 0.318. The van der Waals surface area contributed by atoms with Gasteiger partial charge in [-0.25, -0.2) is 14.6 Å². The molecule has 0 radical (unpaired) electrons. The molecule has 2 aliphatic rings.